The zero-order chi connectivity index (χ0) is 14.5. The van der Waals surface area contributed by atoms with Gasteiger partial charge in [-0.25, -0.2) is 8.42 Å². The van der Waals surface area contributed by atoms with Crippen LogP contribution >= 0.6 is 0 Å². The smallest absolute Gasteiger partial charge is 0.238 e. The molecule has 0 aromatic heterocycles. The molecule has 6 nitrogen and oxygen atoms in total. The molecule has 1 aromatic rings. The van der Waals surface area contributed by atoms with Gasteiger partial charge in [-0.2, -0.15) is 0 Å². The number of nitrogens with one attached hydrogen (secondary N) is 1. The Balaban J connectivity index is 2.85. The van der Waals surface area contributed by atoms with Gasteiger partial charge in [-0.15, -0.1) is 0 Å². The fourth-order valence-electron chi connectivity index (χ4n) is 1.46. The van der Waals surface area contributed by atoms with E-state index in [0.29, 0.717) is 12.3 Å². The average molecular weight is 286 g/mol. The van der Waals surface area contributed by atoms with E-state index in [2.05, 4.69) is 5.32 Å². The maximum absolute atomic E-state index is 12.2. The third-order valence-electron chi connectivity index (χ3n) is 2.63. The fraction of sp³-hybridized carbons (Fsp3) is 0.417. The van der Waals surface area contributed by atoms with Gasteiger partial charge in [0.05, 0.1) is 11.5 Å². The summed E-state index contributed by atoms with van der Waals surface area (Å²) in [5, 5.41) is 1.32. The fourth-order valence-corrected chi connectivity index (χ4v) is 2.80. The van der Waals surface area contributed by atoms with Crippen molar-refractivity contribution in [2.45, 2.75) is 17.1 Å². The van der Waals surface area contributed by atoms with E-state index in [0.717, 1.165) is 0 Å². The number of benzene rings is 1. The Morgan fingerprint density at radius 1 is 1.47 bits per heavy atom. The van der Waals surface area contributed by atoms with Crippen LogP contribution in [0.25, 0.3) is 0 Å². The lowest BCUT2D eigenvalue weighted by molar-refractivity contribution is -0.120. The van der Waals surface area contributed by atoms with Gasteiger partial charge in [0, 0.05) is 19.3 Å². The topological polar surface area (TPSA) is 98.5 Å². The Morgan fingerprint density at radius 3 is 2.74 bits per heavy atom. The third-order valence-corrected chi connectivity index (χ3v) is 4.68. The summed E-state index contributed by atoms with van der Waals surface area (Å²) in [5.74, 6) is -0.556. The summed E-state index contributed by atoms with van der Waals surface area (Å²) in [4.78, 5) is 11.8. The minimum absolute atomic E-state index is 0.0434. The molecule has 1 amide bonds. The number of carbonyl (C=O) groups excluding carboxylic acids is 1. The minimum atomic E-state index is -3.73. The van der Waals surface area contributed by atoms with Crippen molar-refractivity contribution in [3.8, 4) is 0 Å². The molecule has 1 aromatic carbocycles. The Bertz CT molecular complexity index is 542. The Hall–Kier alpha value is -1.60. The zero-order valence-electron chi connectivity index (χ0n) is 10.9. The van der Waals surface area contributed by atoms with Crippen LogP contribution in [0.5, 0.6) is 0 Å². The van der Waals surface area contributed by atoms with Gasteiger partial charge in [-0.05, 0) is 25.1 Å². The second kappa shape index (κ2) is 6.53. The summed E-state index contributed by atoms with van der Waals surface area (Å²) in [7, 11) is -2.23. The highest BCUT2D eigenvalue weighted by molar-refractivity contribution is 7.92. The number of nitrogen functional groups attached to an aromatic ring is 1. The molecule has 3 N–H and O–H groups in total. The van der Waals surface area contributed by atoms with E-state index < -0.39 is 21.0 Å². The Labute approximate surface area is 112 Å². The molecule has 1 rings (SSSR count). The third kappa shape index (κ3) is 3.93. The molecule has 1 unspecified atom stereocenters. The molecular weight excluding hydrogens is 268 g/mol. The van der Waals surface area contributed by atoms with E-state index in [1.54, 1.807) is 6.07 Å². The molecule has 0 bridgehead atoms. The number of hydrogen-bond acceptors (Lipinski definition) is 5. The van der Waals surface area contributed by atoms with Crippen LogP contribution in [0.1, 0.15) is 6.92 Å². The Kier molecular flexibility index (Phi) is 5.31. The average Bonchev–Trinajstić information content (AvgIpc) is 2.38. The lowest BCUT2D eigenvalue weighted by Crippen LogP contribution is -2.39. The number of hydrogen-bond donors (Lipinski definition) is 2. The van der Waals surface area contributed by atoms with Gasteiger partial charge in [0.2, 0.25) is 5.91 Å². The number of nitrogens with two attached hydrogens (primary N) is 1. The van der Waals surface area contributed by atoms with Gasteiger partial charge in [-0.3, -0.25) is 4.79 Å². The van der Waals surface area contributed by atoms with Crippen molar-refractivity contribution >= 4 is 21.4 Å². The van der Waals surface area contributed by atoms with Gasteiger partial charge in [0.25, 0.3) is 0 Å². The second-order valence-corrected chi connectivity index (χ2v) is 6.31. The highest BCUT2D eigenvalue weighted by atomic mass is 32.2. The first-order valence-electron chi connectivity index (χ1n) is 5.75. The van der Waals surface area contributed by atoms with Gasteiger partial charge < -0.3 is 15.8 Å². The van der Waals surface area contributed by atoms with E-state index in [1.165, 1.54) is 32.2 Å². The number of carbonyl (C=O) groups is 1. The summed E-state index contributed by atoms with van der Waals surface area (Å²) < 4.78 is 29.2. The molecule has 0 spiro atoms. The van der Waals surface area contributed by atoms with Gasteiger partial charge in [-0.1, -0.05) is 6.07 Å². The van der Waals surface area contributed by atoms with Crippen molar-refractivity contribution in [1.29, 1.82) is 0 Å². The normalized spacial score (nSPS) is 12.9. The van der Waals surface area contributed by atoms with Gasteiger partial charge in [0.15, 0.2) is 9.84 Å². The summed E-state index contributed by atoms with van der Waals surface area (Å²) in [6.45, 7) is 1.95. The molecule has 0 heterocycles. The second-order valence-electron chi connectivity index (χ2n) is 4.04. The number of methoxy groups -OCH3 is 1. The predicted octanol–water partition coefficient (Wildman–Crippen LogP) is 0.194. The Morgan fingerprint density at radius 2 is 2.16 bits per heavy atom. The van der Waals surface area contributed by atoms with Crippen LogP contribution in [-0.4, -0.2) is 39.8 Å². The van der Waals surface area contributed by atoms with E-state index in [1.807, 2.05) is 0 Å². The SMILES string of the molecule is COCCNC(=O)C(C)S(=O)(=O)c1cccc(N)c1. The van der Waals surface area contributed by atoms with E-state index in [-0.39, 0.29) is 11.4 Å². The largest absolute Gasteiger partial charge is 0.399 e. The minimum Gasteiger partial charge on any atom is -0.399 e. The van der Waals surface area contributed by atoms with E-state index in [9.17, 15) is 13.2 Å². The maximum Gasteiger partial charge on any atom is 0.238 e. The summed E-state index contributed by atoms with van der Waals surface area (Å²) >= 11 is 0. The highest BCUT2D eigenvalue weighted by Crippen LogP contribution is 2.18. The molecule has 0 fully saturated rings. The lowest BCUT2D eigenvalue weighted by Gasteiger charge is -2.13. The lowest BCUT2D eigenvalue weighted by atomic mass is 10.3. The van der Waals surface area contributed by atoms with Gasteiger partial charge in [0.1, 0.15) is 5.25 Å². The van der Waals surface area contributed by atoms with E-state index >= 15 is 0 Å². The summed E-state index contributed by atoms with van der Waals surface area (Å²) in [6.07, 6.45) is 0. The van der Waals surface area contributed by atoms with Crippen LogP contribution in [-0.2, 0) is 19.4 Å². The highest BCUT2D eigenvalue weighted by Gasteiger charge is 2.29. The predicted molar refractivity (Wildman–Crippen MR) is 72.4 cm³/mol. The molecule has 0 aliphatic rings. The van der Waals surface area contributed by atoms with Crippen molar-refractivity contribution < 1.29 is 17.9 Å². The number of rotatable bonds is 6. The number of amides is 1. The molecule has 106 valence electrons. The van der Waals surface area contributed by atoms with E-state index in [4.69, 9.17) is 10.5 Å². The van der Waals surface area contributed by atoms with Crippen LogP contribution in [0, 0.1) is 0 Å². The zero-order valence-corrected chi connectivity index (χ0v) is 11.7. The maximum atomic E-state index is 12.2. The van der Waals surface area contributed by atoms with Crippen molar-refractivity contribution in [3.05, 3.63) is 24.3 Å². The molecule has 0 aliphatic heterocycles. The summed E-state index contributed by atoms with van der Waals surface area (Å²) in [6, 6.07) is 5.89. The monoisotopic (exact) mass is 286 g/mol. The first-order valence-corrected chi connectivity index (χ1v) is 7.30. The van der Waals surface area contributed by atoms with Crippen molar-refractivity contribution in [3.63, 3.8) is 0 Å². The van der Waals surface area contributed by atoms with Crippen molar-refractivity contribution in [2.75, 3.05) is 26.0 Å². The molecule has 19 heavy (non-hydrogen) atoms. The molecule has 7 heteroatoms. The number of sulfone groups is 1. The van der Waals surface area contributed by atoms with Crippen molar-refractivity contribution in [1.82, 2.24) is 5.32 Å². The molecule has 1 atom stereocenters. The first-order chi connectivity index (χ1) is 8.89. The van der Waals surface area contributed by atoms with Gasteiger partial charge >= 0.3 is 0 Å². The van der Waals surface area contributed by atoms with Crippen LogP contribution < -0.4 is 11.1 Å². The van der Waals surface area contributed by atoms with Crippen molar-refractivity contribution in [2.24, 2.45) is 0 Å². The van der Waals surface area contributed by atoms with Crippen LogP contribution in [0.4, 0.5) is 5.69 Å². The van der Waals surface area contributed by atoms with Crippen LogP contribution in [0.2, 0.25) is 0 Å². The first kappa shape index (κ1) is 15.5. The molecule has 0 aliphatic carbocycles. The standard InChI is InChI=1S/C12H18N2O4S/c1-9(12(15)14-6-7-18-2)19(16,17)11-5-3-4-10(13)8-11/h3-5,8-9H,6-7,13H2,1-2H3,(H,14,15). The number of anilines is 1. The number of ether oxygens (including phenoxy) is 1. The molecular formula is C12H18N2O4S. The molecule has 0 saturated heterocycles. The quantitative estimate of drug-likeness (QED) is 0.575. The molecule has 0 radical (unpaired) electrons. The van der Waals surface area contributed by atoms with Crippen LogP contribution in [0.3, 0.4) is 0 Å². The summed E-state index contributed by atoms with van der Waals surface area (Å²) in [5.41, 5.74) is 5.89. The van der Waals surface area contributed by atoms with Crippen LogP contribution in [0.15, 0.2) is 29.2 Å². The molecule has 0 saturated carbocycles.